The molecule has 4 heteroatoms. The highest BCUT2D eigenvalue weighted by Crippen LogP contribution is 2.36. The molecule has 0 unspecified atom stereocenters. The van der Waals surface area contributed by atoms with Crippen molar-refractivity contribution in [1.82, 2.24) is 0 Å². The maximum atomic E-state index is 13.7. The highest BCUT2D eigenvalue weighted by Gasteiger charge is 2.15. The Morgan fingerprint density at radius 1 is 1.04 bits per heavy atom. The van der Waals surface area contributed by atoms with Crippen molar-refractivity contribution < 1.29 is 18.3 Å². The lowest BCUT2D eigenvalue weighted by atomic mass is 9.98. The third kappa shape index (κ3) is 2.60. The van der Waals surface area contributed by atoms with Gasteiger partial charge in [0.15, 0.2) is 11.5 Å². The van der Waals surface area contributed by atoms with E-state index in [4.69, 9.17) is 13.9 Å². The Kier molecular flexibility index (Phi) is 3.80. The number of methoxy groups -OCH3 is 2. The van der Waals surface area contributed by atoms with Crippen LogP contribution in [-0.4, -0.2) is 14.2 Å². The highest BCUT2D eigenvalue weighted by atomic mass is 19.1. The lowest BCUT2D eigenvalue weighted by molar-refractivity contribution is 0.352. The first-order chi connectivity index (χ1) is 12.2. The van der Waals surface area contributed by atoms with Crippen molar-refractivity contribution in [3.8, 4) is 11.5 Å². The first kappa shape index (κ1) is 15.5. The van der Waals surface area contributed by atoms with Crippen molar-refractivity contribution in [1.29, 1.82) is 0 Å². The Morgan fingerprint density at radius 2 is 1.92 bits per heavy atom. The van der Waals surface area contributed by atoms with Crippen LogP contribution in [0.3, 0.4) is 0 Å². The van der Waals surface area contributed by atoms with Crippen molar-refractivity contribution in [3.63, 3.8) is 0 Å². The zero-order chi connectivity index (χ0) is 17.4. The zero-order valence-electron chi connectivity index (χ0n) is 13.9. The van der Waals surface area contributed by atoms with Crippen LogP contribution in [0.25, 0.3) is 21.9 Å². The van der Waals surface area contributed by atoms with Gasteiger partial charge in [-0.1, -0.05) is 18.2 Å². The summed E-state index contributed by atoms with van der Waals surface area (Å²) < 4.78 is 30.5. The minimum absolute atomic E-state index is 0.288. The van der Waals surface area contributed by atoms with Gasteiger partial charge in [0, 0.05) is 22.8 Å². The molecule has 0 saturated carbocycles. The summed E-state index contributed by atoms with van der Waals surface area (Å²) in [7, 11) is 3.23. The molecule has 0 amide bonds. The number of halogens is 1. The number of rotatable bonds is 4. The van der Waals surface area contributed by atoms with E-state index in [0.717, 1.165) is 27.5 Å². The quantitative estimate of drug-likeness (QED) is 0.518. The molecule has 1 heterocycles. The van der Waals surface area contributed by atoms with Gasteiger partial charge in [-0.25, -0.2) is 4.39 Å². The molecular formula is C21H16FO3. The van der Waals surface area contributed by atoms with Gasteiger partial charge in [-0.05, 0) is 42.0 Å². The molecule has 0 saturated heterocycles. The first-order valence-electron chi connectivity index (χ1n) is 7.92. The molecule has 0 N–H and O–H groups in total. The Hall–Kier alpha value is -3.01. The first-order valence-corrected chi connectivity index (χ1v) is 7.92. The van der Waals surface area contributed by atoms with E-state index in [0.29, 0.717) is 23.5 Å². The van der Waals surface area contributed by atoms with Crippen molar-refractivity contribution in [2.75, 3.05) is 14.2 Å². The van der Waals surface area contributed by atoms with Crippen molar-refractivity contribution in [2.45, 2.75) is 6.42 Å². The van der Waals surface area contributed by atoms with Gasteiger partial charge in [0.2, 0.25) is 0 Å². The highest BCUT2D eigenvalue weighted by molar-refractivity contribution is 6.06. The summed E-state index contributed by atoms with van der Waals surface area (Å²) in [6, 6.07) is 17.3. The predicted octanol–water partition coefficient (Wildman–Crippen LogP) is 5.13. The van der Waals surface area contributed by atoms with Crippen LogP contribution in [0, 0.1) is 11.9 Å². The summed E-state index contributed by atoms with van der Waals surface area (Å²) in [5, 5.41) is 1.63. The number of hydrogen-bond donors (Lipinski definition) is 0. The molecule has 125 valence electrons. The zero-order valence-corrected chi connectivity index (χ0v) is 13.9. The second kappa shape index (κ2) is 6.13. The number of furan rings is 1. The molecule has 0 atom stereocenters. The van der Waals surface area contributed by atoms with Crippen LogP contribution >= 0.6 is 0 Å². The Morgan fingerprint density at radius 3 is 2.72 bits per heavy atom. The lowest BCUT2D eigenvalue weighted by Crippen LogP contribution is -1.97. The van der Waals surface area contributed by atoms with Crippen LogP contribution in [-0.2, 0) is 6.42 Å². The van der Waals surface area contributed by atoms with E-state index < -0.39 is 0 Å². The molecule has 0 aliphatic carbocycles. The van der Waals surface area contributed by atoms with E-state index in [9.17, 15) is 4.39 Å². The molecule has 0 aliphatic heterocycles. The van der Waals surface area contributed by atoms with E-state index in [1.54, 1.807) is 20.3 Å². The number of para-hydroxylation sites is 1. The topological polar surface area (TPSA) is 31.6 Å². The van der Waals surface area contributed by atoms with Crippen molar-refractivity contribution in [2.24, 2.45) is 0 Å². The van der Waals surface area contributed by atoms with Crippen molar-refractivity contribution in [3.05, 3.63) is 71.5 Å². The number of ether oxygens (including phenoxy) is 2. The summed E-state index contributed by atoms with van der Waals surface area (Å²) in [6.07, 6.45) is 0.572. The Balaban J connectivity index is 1.91. The van der Waals surface area contributed by atoms with Crippen molar-refractivity contribution >= 4 is 21.9 Å². The van der Waals surface area contributed by atoms with Gasteiger partial charge in [0.1, 0.15) is 17.0 Å². The smallest absolute Gasteiger partial charge is 0.164 e. The molecule has 0 fully saturated rings. The van der Waals surface area contributed by atoms with E-state index in [-0.39, 0.29) is 5.82 Å². The van der Waals surface area contributed by atoms with Gasteiger partial charge in [-0.3, -0.25) is 0 Å². The molecule has 3 nitrogen and oxygen atoms in total. The standard InChI is InChI=1S/C21H16FO3/c1-23-19-8-4-6-14(21(19)24-2)11-13-5-3-7-18-20(13)16-12-15(22)9-10-17(16)25-18/h3-4,6-10,12H,11H2,1-2H3. The molecule has 0 aliphatic rings. The summed E-state index contributed by atoms with van der Waals surface area (Å²) in [5.74, 6) is 1.08. The van der Waals surface area contributed by atoms with Crippen LogP contribution < -0.4 is 9.47 Å². The van der Waals surface area contributed by atoms with Crippen LogP contribution in [0.5, 0.6) is 11.5 Å². The Bertz CT molecular complexity index is 1070. The fourth-order valence-corrected chi connectivity index (χ4v) is 3.23. The molecule has 0 spiro atoms. The van der Waals surface area contributed by atoms with Gasteiger partial charge >= 0.3 is 0 Å². The summed E-state index contributed by atoms with van der Waals surface area (Å²) >= 11 is 0. The second-order valence-electron chi connectivity index (χ2n) is 5.77. The third-order valence-corrected chi connectivity index (χ3v) is 4.32. The van der Waals surface area contributed by atoms with Gasteiger partial charge < -0.3 is 13.9 Å². The van der Waals surface area contributed by atoms with E-state index in [2.05, 4.69) is 6.07 Å². The maximum Gasteiger partial charge on any atom is 0.164 e. The normalized spacial score (nSPS) is 11.2. The molecule has 4 rings (SSSR count). The van der Waals surface area contributed by atoms with E-state index in [1.165, 1.54) is 12.1 Å². The van der Waals surface area contributed by atoms with Gasteiger partial charge in [0.25, 0.3) is 0 Å². The number of benzene rings is 3. The lowest BCUT2D eigenvalue weighted by Gasteiger charge is -2.13. The van der Waals surface area contributed by atoms with Crippen LogP contribution in [0.15, 0.2) is 52.9 Å². The SMILES string of the molecule is COc1cccc(Cc2[c]ccc3oc4ccc(F)cc4c23)c1OC. The molecule has 0 bridgehead atoms. The number of hydrogen-bond acceptors (Lipinski definition) is 3. The number of fused-ring (bicyclic) bond motifs is 3. The average molecular weight is 335 g/mol. The Labute approximate surface area is 144 Å². The monoisotopic (exact) mass is 335 g/mol. The van der Waals surface area contributed by atoms with Gasteiger partial charge in [-0.15, -0.1) is 0 Å². The molecule has 1 aromatic heterocycles. The molecular weight excluding hydrogens is 319 g/mol. The molecule has 4 aromatic rings. The van der Waals surface area contributed by atoms with Gasteiger partial charge in [0.05, 0.1) is 14.2 Å². The summed E-state index contributed by atoms with van der Waals surface area (Å²) in [4.78, 5) is 0. The van der Waals surface area contributed by atoms with E-state index >= 15 is 0 Å². The molecule has 3 aromatic carbocycles. The fourth-order valence-electron chi connectivity index (χ4n) is 3.23. The average Bonchev–Trinajstić information content (AvgIpc) is 3.00. The fraction of sp³-hybridized carbons (Fsp3) is 0.143. The summed E-state index contributed by atoms with van der Waals surface area (Å²) in [6.45, 7) is 0. The van der Waals surface area contributed by atoms with Gasteiger partial charge in [-0.2, -0.15) is 0 Å². The third-order valence-electron chi connectivity index (χ3n) is 4.32. The molecule has 25 heavy (non-hydrogen) atoms. The molecule has 1 radical (unpaired) electrons. The van der Waals surface area contributed by atoms with Crippen LogP contribution in [0.1, 0.15) is 11.1 Å². The predicted molar refractivity (Wildman–Crippen MR) is 94.9 cm³/mol. The van der Waals surface area contributed by atoms with E-state index in [1.807, 2.05) is 30.3 Å². The largest absolute Gasteiger partial charge is 0.493 e. The summed E-state index contributed by atoms with van der Waals surface area (Å²) in [5.41, 5.74) is 3.27. The van der Waals surface area contributed by atoms with Crippen LogP contribution in [0.4, 0.5) is 4.39 Å². The maximum absolute atomic E-state index is 13.7. The minimum atomic E-state index is -0.288. The minimum Gasteiger partial charge on any atom is -0.493 e. The second-order valence-corrected chi connectivity index (χ2v) is 5.77. The van der Waals surface area contributed by atoms with Crippen LogP contribution in [0.2, 0.25) is 0 Å².